The lowest BCUT2D eigenvalue weighted by Gasteiger charge is -2.17. The molecule has 1 N–H and O–H groups in total. The Morgan fingerprint density at radius 3 is 2.35 bits per heavy atom. The maximum absolute atomic E-state index is 3.45. The van der Waals surface area contributed by atoms with E-state index in [0.717, 1.165) is 5.92 Å². The molecule has 0 fully saturated rings. The first kappa shape index (κ1) is 17.6. The van der Waals surface area contributed by atoms with Gasteiger partial charge in [-0.3, -0.25) is 0 Å². The normalized spacial score (nSPS) is 12.8. The van der Waals surface area contributed by atoms with Crippen LogP contribution < -0.4 is 5.32 Å². The van der Waals surface area contributed by atoms with Crippen LogP contribution in [-0.4, -0.2) is 18.6 Å². The molecule has 0 aliphatic heterocycles. The molecule has 1 aromatic rings. The quantitative estimate of drug-likeness (QED) is 0.604. The molecule has 114 valence electrons. The van der Waals surface area contributed by atoms with Crippen LogP contribution in [0.25, 0.3) is 0 Å². The summed E-state index contributed by atoms with van der Waals surface area (Å²) in [4.78, 5) is 0. The van der Waals surface area contributed by atoms with E-state index in [1.165, 1.54) is 48.3 Å². The van der Waals surface area contributed by atoms with E-state index in [-0.39, 0.29) is 0 Å². The molecule has 0 aromatic heterocycles. The van der Waals surface area contributed by atoms with Gasteiger partial charge in [-0.25, -0.2) is 0 Å². The summed E-state index contributed by atoms with van der Waals surface area (Å²) in [6.45, 7) is 6.81. The van der Waals surface area contributed by atoms with E-state index >= 15 is 0 Å². The summed E-state index contributed by atoms with van der Waals surface area (Å²) in [5, 5.41) is 3.45. The summed E-state index contributed by atoms with van der Waals surface area (Å²) in [6, 6.07) is 9.66. The summed E-state index contributed by atoms with van der Waals surface area (Å²) in [5.41, 5.74) is 2.87. The van der Waals surface area contributed by atoms with Crippen LogP contribution >= 0.6 is 11.8 Å². The molecular formula is C18H31NS. The molecule has 1 unspecified atom stereocenters. The zero-order valence-corrected chi connectivity index (χ0v) is 14.4. The van der Waals surface area contributed by atoms with Crippen molar-refractivity contribution in [3.05, 3.63) is 35.4 Å². The third kappa shape index (κ3) is 6.81. The van der Waals surface area contributed by atoms with Crippen molar-refractivity contribution in [1.82, 2.24) is 5.32 Å². The standard InChI is InChI=1S/C18H31NS/c1-5-6-7-12-20-14-18(19-4)17-10-8-16(9-11-17)13-15(2)3/h8-11,15,18-19H,5-7,12-14H2,1-4H3. The fourth-order valence-electron chi connectivity index (χ4n) is 2.36. The zero-order chi connectivity index (χ0) is 14.8. The van der Waals surface area contributed by atoms with Gasteiger partial charge in [0.15, 0.2) is 0 Å². The number of rotatable bonds is 10. The summed E-state index contributed by atoms with van der Waals surface area (Å²) in [6.07, 6.45) is 5.20. The largest absolute Gasteiger partial charge is 0.312 e. The predicted molar refractivity (Wildman–Crippen MR) is 93.6 cm³/mol. The highest BCUT2D eigenvalue weighted by Gasteiger charge is 2.09. The van der Waals surface area contributed by atoms with E-state index in [1.54, 1.807) is 0 Å². The van der Waals surface area contributed by atoms with Crippen LogP contribution in [0.5, 0.6) is 0 Å². The molecule has 0 aliphatic rings. The van der Waals surface area contributed by atoms with E-state index in [2.05, 4.69) is 69.2 Å². The summed E-state index contributed by atoms with van der Waals surface area (Å²) in [7, 11) is 2.07. The number of benzene rings is 1. The van der Waals surface area contributed by atoms with E-state index in [0.29, 0.717) is 6.04 Å². The van der Waals surface area contributed by atoms with Crippen molar-refractivity contribution in [2.45, 2.75) is 52.5 Å². The van der Waals surface area contributed by atoms with Crippen molar-refractivity contribution in [2.75, 3.05) is 18.6 Å². The van der Waals surface area contributed by atoms with Crippen molar-refractivity contribution in [2.24, 2.45) is 5.92 Å². The minimum atomic E-state index is 0.481. The molecular weight excluding hydrogens is 262 g/mol. The van der Waals surface area contributed by atoms with Crippen LogP contribution in [0, 0.1) is 5.92 Å². The first-order chi connectivity index (χ1) is 9.67. The Kier molecular flexibility index (Phi) is 9.04. The molecule has 1 rings (SSSR count). The van der Waals surface area contributed by atoms with E-state index in [4.69, 9.17) is 0 Å². The highest BCUT2D eigenvalue weighted by Crippen LogP contribution is 2.20. The van der Waals surface area contributed by atoms with Crippen LogP contribution in [0.4, 0.5) is 0 Å². The van der Waals surface area contributed by atoms with Gasteiger partial charge in [0.2, 0.25) is 0 Å². The van der Waals surface area contributed by atoms with Crippen molar-refractivity contribution < 1.29 is 0 Å². The molecule has 0 heterocycles. The molecule has 1 aromatic carbocycles. The average Bonchev–Trinajstić information content (AvgIpc) is 2.43. The van der Waals surface area contributed by atoms with Crippen molar-refractivity contribution in [3.8, 4) is 0 Å². The van der Waals surface area contributed by atoms with E-state index in [1.807, 2.05) is 0 Å². The molecule has 0 saturated carbocycles. The lowest BCUT2D eigenvalue weighted by atomic mass is 10.00. The average molecular weight is 294 g/mol. The molecule has 2 heteroatoms. The van der Waals surface area contributed by atoms with Gasteiger partial charge in [-0.2, -0.15) is 11.8 Å². The van der Waals surface area contributed by atoms with Gasteiger partial charge in [0.25, 0.3) is 0 Å². The predicted octanol–water partition coefficient (Wildman–Crippen LogP) is 5.07. The fourth-order valence-corrected chi connectivity index (χ4v) is 3.53. The Hall–Kier alpha value is -0.470. The molecule has 20 heavy (non-hydrogen) atoms. The Morgan fingerprint density at radius 2 is 1.80 bits per heavy atom. The van der Waals surface area contributed by atoms with Gasteiger partial charge >= 0.3 is 0 Å². The van der Waals surface area contributed by atoms with Crippen LogP contribution in [-0.2, 0) is 6.42 Å². The van der Waals surface area contributed by atoms with Gasteiger partial charge in [-0.1, -0.05) is 57.9 Å². The molecule has 0 bridgehead atoms. The third-order valence-electron chi connectivity index (χ3n) is 3.55. The van der Waals surface area contributed by atoms with Crippen LogP contribution in [0.3, 0.4) is 0 Å². The summed E-state index contributed by atoms with van der Waals surface area (Å²) >= 11 is 2.07. The molecule has 0 saturated heterocycles. The topological polar surface area (TPSA) is 12.0 Å². The lowest BCUT2D eigenvalue weighted by Crippen LogP contribution is -2.19. The highest BCUT2D eigenvalue weighted by atomic mass is 32.2. The summed E-state index contributed by atoms with van der Waals surface area (Å²) in [5.74, 6) is 3.19. The molecule has 0 spiro atoms. The molecule has 0 aliphatic carbocycles. The summed E-state index contributed by atoms with van der Waals surface area (Å²) < 4.78 is 0. The zero-order valence-electron chi connectivity index (χ0n) is 13.6. The van der Waals surface area contributed by atoms with Crippen molar-refractivity contribution in [3.63, 3.8) is 0 Å². The number of thioether (sulfide) groups is 1. The second-order valence-electron chi connectivity index (χ2n) is 5.96. The van der Waals surface area contributed by atoms with Crippen LogP contribution in [0.1, 0.15) is 57.2 Å². The Labute approximate surface area is 129 Å². The van der Waals surface area contributed by atoms with Crippen molar-refractivity contribution in [1.29, 1.82) is 0 Å². The van der Waals surface area contributed by atoms with Gasteiger partial charge in [0.05, 0.1) is 0 Å². The fraction of sp³-hybridized carbons (Fsp3) is 0.667. The first-order valence-electron chi connectivity index (χ1n) is 8.01. The van der Waals surface area contributed by atoms with E-state index in [9.17, 15) is 0 Å². The van der Waals surface area contributed by atoms with Crippen LogP contribution in [0.2, 0.25) is 0 Å². The highest BCUT2D eigenvalue weighted by molar-refractivity contribution is 7.99. The number of hydrogen-bond donors (Lipinski definition) is 1. The first-order valence-corrected chi connectivity index (χ1v) is 9.16. The van der Waals surface area contributed by atoms with Gasteiger partial charge < -0.3 is 5.32 Å². The maximum Gasteiger partial charge on any atom is 0.0409 e. The number of nitrogens with one attached hydrogen (secondary N) is 1. The van der Waals surface area contributed by atoms with E-state index < -0.39 is 0 Å². The SMILES string of the molecule is CCCCCSCC(NC)c1ccc(CC(C)C)cc1. The van der Waals surface area contributed by atoms with Gasteiger partial charge in [0, 0.05) is 11.8 Å². The Balaban J connectivity index is 2.44. The second kappa shape index (κ2) is 10.3. The molecule has 1 nitrogen and oxygen atoms in total. The minimum absolute atomic E-state index is 0.481. The molecule has 0 amide bonds. The number of unbranched alkanes of at least 4 members (excludes halogenated alkanes) is 2. The maximum atomic E-state index is 3.45. The third-order valence-corrected chi connectivity index (χ3v) is 4.70. The van der Waals surface area contributed by atoms with Gasteiger partial charge in [0.1, 0.15) is 0 Å². The second-order valence-corrected chi connectivity index (χ2v) is 7.11. The smallest absolute Gasteiger partial charge is 0.0409 e. The monoisotopic (exact) mass is 293 g/mol. The minimum Gasteiger partial charge on any atom is -0.312 e. The van der Waals surface area contributed by atoms with Crippen molar-refractivity contribution >= 4 is 11.8 Å². The molecule has 1 atom stereocenters. The molecule has 0 radical (unpaired) electrons. The Morgan fingerprint density at radius 1 is 1.10 bits per heavy atom. The van der Waals surface area contributed by atoms with Crippen LogP contribution in [0.15, 0.2) is 24.3 Å². The van der Waals surface area contributed by atoms with Gasteiger partial charge in [-0.15, -0.1) is 0 Å². The number of hydrogen-bond acceptors (Lipinski definition) is 2. The Bertz CT molecular complexity index is 345. The lowest BCUT2D eigenvalue weighted by molar-refractivity contribution is 0.643. The van der Waals surface area contributed by atoms with Gasteiger partial charge in [-0.05, 0) is 42.7 Å².